The quantitative estimate of drug-likeness (QED) is 0.556. The Morgan fingerprint density at radius 3 is 2.67 bits per heavy atom. The summed E-state index contributed by atoms with van der Waals surface area (Å²) in [7, 11) is 0. The van der Waals surface area contributed by atoms with Gasteiger partial charge in [-0.25, -0.2) is 4.39 Å². The number of aryl methyl sites for hydroxylation is 1. The number of H-pyrrole nitrogens is 1. The van der Waals surface area contributed by atoms with Gasteiger partial charge in [0.1, 0.15) is 5.82 Å². The first-order chi connectivity index (χ1) is 13.0. The van der Waals surface area contributed by atoms with E-state index in [2.05, 4.69) is 20.5 Å². The second-order valence-electron chi connectivity index (χ2n) is 6.44. The van der Waals surface area contributed by atoms with Crippen LogP contribution in [0.2, 0.25) is 0 Å². The van der Waals surface area contributed by atoms with Gasteiger partial charge in [0.2, 0.25) is 5.91 Å². The predicted molar refractivity (Wildman–Crippen MR) is 104 cm³/mol. The number of anilines is 1. The number of fused-ring (bicyclic) bond motifs is 1. The fraction of sp³-hybridized carbons (Fsp3) is 0.0952. The number of nitrogens with zero attached hydrogens (tertiary/aromatic N) is 2. The highest BCUT2D eigenvalue weighted by atomic mass is 19.1. The van der Waals surface area contributed by atoms with Crippen molar-refractivity contribution in [3.63, 3.8) is 0 Å². The molecule has 4 aromatic rings. The molecule has 2 heterocycles. The monoisotopic (exact) mass is 360 g/mol. The van der Waals surface area contributed by atoms with Crippen LogP contribution in [0.1, 0.15) is 12.5 Å². The number of carbonyl (C=O) groups is 1. The van der Waals surface area contributed by atoms with Crippen molar-refractivity contribution in [3.05, 3.63) is 66.2 Å². The molecule has 0 aliphatic rings. The third-order valence-corrected chi connectivity index (χ3v) is 4.39. The van der Waals surface area contributed by atoms with Crippen LogP contribution in [-0.4, -0.2) is 21.1 Å². The average Bonchev–Trinajstić information content (AvgIpc) is 3.11. The number of benzene rings is 2. The van der Waals surface area contributed by atoms with Crippen LogP contribution in [0.3, 0.4) is 0 Å². The van der Waals surface area contributed by atoms with Crippen molar-refractivity contribution in [1.82, 2.24) is 15.2 Å². The van der Waals surface area contributed by atoms with Crippen molar-refractivity contribution < 1.29 is 9.18 Å². The van der Waals surface area contributed by atoms with Crippen molar-refractivity contribution in [2.75, 3.05) is 5.32 Å². The molecule has 27 heavy (non-hydrogen) atoms. The van der Waals surface area contributed by atoms with Crippen LogP contribution in [-0.2, 0) is 4.79 Å². The second-order valence-corrected chi connectivity index (χ2v) is 6.44. The van der Waals surface area contributed by atoms with E-state index in [1.54, 1.807) is 31.5 Å². The highest BCUT2D eigenvalue weighted by molar-refractivity contribution is 5.93. The van der Waals surface area contributed by atoms with Gasteiger partial charge in [-0.05, 0) is 54.4 Å². The van der Waals surface area contributed by atoms with Gasteiger partial charge in [-0.2, -0.15) is 5.10 Å². The SMILES string of the molecule is CC(=O)Nc1cnc(-c2ccc(F)c(C)c2)c(-c2ccc3[nH]ncc3c2)c1. The van der Waals surface area contributed by atoms with E-state index in [9.17, 15) is 9.18 Å². The number of aromatic nitrogens is 3. The van der Waals surface area contributed by atoms with Gasteiger partial charge in [0.25, 0.3) is 0 Å². The zero-order valence-electron chi connectivity index (χ0n) is 14.9. The van der Waals surface area contributed by atoms with Crippen molar-refractivity contribution in [2.24, 2.45) is 0 Å². The maximum absolute atomic E-state index is 13.7. The Morgan fingerprint density at radius 1 is 1.07 bits per heavy atom. The van der Waals surface area contributed by atoms with Crippen LogP contribution in [0.4, 0.5) is 10.1 Å². The summed E-state index contributed by atoms with van der Waals surface area (Å²) in [6, 6.07) is 12.7. The number of rotatable bonds is 3. The zero-order chi connectivity index (χ0) is 19.0. The summed E-state index contributed by atoms with van der Waals surface area (Å²) in [5, 5.41) is 10.7. The van der Waals surface area contributed by atoms with Crippen molar-refractivity contribution in [1.29, 1.82) is 0 Å². The summed E-state index contributed by atoms with van der Waals surface area (Å²) in [6.07, 6.45) is 3.36. The van der Waals surface area contributed by atoms with E-state index in [-0.39, 0.29) is 11.7 Å². The lowest BCUT2D eigenvalue weighted by atomic mass is 9.97. The molecule has 0 unspecified atom stereocenters. The maximum atomic E-state index is 13.7. The molecule has 0 saturated carbocycles. The molecule has 0 fully saturated rings. The van der Waals surface area contributed by atoms with E-state index < -0.39 is 0 Å². The summed E-state index contributed by atoms with van der Waals surface area (Å²) < 4.78 is 13.7. The Morgan fingerprint density at radius 2 is 1.89 bits per heavy atom. The number of pyridine rings is 1. The summed E-state index contributed by atoms with van der Waals surface area (Å²) in [5.41, 5.74) is 5.39. The summed E-state index contributed by atoms with van der Waals surface area (Å²) in [5.74, 6) is -0.423. The lowest BCUT2D eigenvalue weighted by Gasteiger charge is -2.13. The first kappa shape index (κ1) is 16.9. The van der Waals surface area contributed by atoms with Crippen LogP contribution in [0.5, 0.6) is 0 Å². The molecule has 0 aliphatic carbocycles. The minimum absolute atomic E-state index is 0.168. The number of hydrogen-bond donors (Lipinski definition) is 2. The third kappa shape index (κ3) is 3.29. The van der Waals surface area contributed by atoms with Gasteiger partial charge < -0.3 is 5.32 Å². The molecule has 134 valence electrons. The van der Waals surface area contributed by atoms with Gasteiger partial charge in [-0.15, -0.1) is 0 Å². The number of nitrogens with one attached hydrogen (secondary N) is 2. The number of hydrogen-bond acceptors (Lipinski definition) is 3. The molecule has 0 bridgehead atoms. The topological polar surface area (TPSA) is 70.7 Å². The Hall–Kier alpha value is -3.54. The summed E-state index contributed by atoms with van der Waals surface area (Å²) in [6.45, 7) is 3.18. The molecule has 4 rings (SSSR count). The normalized spacial score (nSPS) is 10.9. The lowest BCUT2D eigenvalue weighted by Crippen LogP contribution is -2.06. The van der Waals surface area contributed by atoms with Gasteiger partial charge in [0.05, 0.1) is 29.3 Å². The molecule has 0 atom stereocenters. The second kappa shape index (κ2) is 6.64. The number of amides is 1. The molecule has 0 aliphatic heterocycles. The van der Waals surface area contributed by atoms with Crippen LogP contribution in [0, 0.1) is 12.7 Å². The fourth-order valence-electron chi connectivity index (χ4n) is 3.09. The Kier molecular flexibility index (Phi) is 4.16. The van der Waals surface area contributed by atoms with Crippen molar-refractivity contribution >= 4 is 22.5 Å². The molecule has 2 aromatic carbocycles. The minimum Gasteiger partial charge on any atom is -0.325 e. The Balaban J connectivity index is 1.92. The number of carbonyl (C=O) groups excluding carboxylic acids is 1. The Bertz CT molecular complexity index is 1170. The van der Waals surface area contributed by atoms with E-state index >= 15 is 0 Å². The molecule has 0 saturated heterocycles. The van der Waals surface area contributed by atoms with E-state index in [0.29, 0.717) is 11.3 Å². The highest BCUT2D eigenvalue weighted by Crippen LogP contribution is 2.34. The molecule has 1 amide bonds. The third-order valence-electron chi connectivity index (χ3n) is 4.39. The molecule has 6 heteroatoms. The van der Waals surface area contributed by atoms with Gasteiger partial charge in [-0.1, -0.05) is 6.07 Å². The minimum atomic E-state index is -0.255. The molecular weight excluding hydrogens is 343 g/mol. The molecule has 0 radical (unpaired) electrons. The van der Waals surface area contributed by atoms with Crippen LogP contribution >= 0.6 is 0 Å². The highest BCUT2D eigenvalue weighted by Gasteiger charge is 2.13. The predicted octanol–water partition coefficient (Wildman–Crippen LogP) is 4.70. The average molecular weight is 360 g/mol. The Labute approximate surface area is 155 Å². The standard InChI is InChI=1S/C21H17FN4O/c1-12-7-15(3-5-19(12)22)21-18(9-17(11-23-21)25-13(2)27)14-4-6-20-16(8-14)10-24-26-20/h3-11H,1-2H3,(H,24,26)(H,25,27). The molecule has 0 spiro atoms. The van der Waals surface area contributed by atoms with Gasteiger partial charge in [0.15, 0.2) is 0 Å². The van der Waals surface area contributed by atoms with Gasteiger partial charge >= 0.3 is 0 Å². The fourth-order valence-corrected chi connectivity index (χ4v) is 3.09. The first-order valence-electron chi connectivity index (χ1n) is 8.49. The summed E-state index contributed by atoms with van der Waals surface area (Å²) in [4.78, 5) is 16.0. The number of aromatic amines is 1. The largest absolute Gasteiger partial charge is 0.325 e. The molecule has 5 nitrogen and oxygen atoms in total. The molecule has 2 N–H and O–H groups in total. The molecule has 2 aromatic heterocycles. The maximum Gasteiger partial charge on any atom is 0.221 e. The van der Waals surface area contributed by atoms with Crippen LogP contribution in [0.25, 0.3) is 33.3 Å². The van der Waals surface area contributed by atoms with Crippen molar-refractivity contribution in [2.45, 2.75) is 13.8 Å². The van der Waals surface area contributed by atoms with Crippen LogP contribution < -0.4 is 5.32 Å². The van der Waals surface area contributed by atoms with Crippen LogP contribution in [0.15, 0.2) is 54.9 Å². The van der Waals surface area contributed by atoms with E-state index in [4.69, 9.17) is 0 Å². The number of halogens is 1. The van der Waals surface area contributed by atoms with E-state index in [0.717, 1.165) is 33.3 Å². The van der Waals surface area contributed by atoms with Gasteiger partial charge in [-0.3, -0.25) is 14.9 Å². The van der Waals surface area contributed by atoms with Gasteiger partial charge in [0, 0.05) is 23.4 Å². The van der Waals surface area contributed by atoms with E-state index in [1.165, 1.54) is 13.0 Å². The lowest BCUT2D eigenvalue weighted by molar-refractivity contribution is -0.114. The van der Waals surface area contributed by atoms with E-state index in [1.807, 2.05) is 24.3 Å². The van der Waals surface area contributed by atoms with Crippen molar-refractivity contribution in [3.8, 4) is 22.4 Å². The summed E-state index contributed by atoms with van der Waals surface area (Å²) >= 11 is 0. The first-order valence-corrected chi connectivity index (χ1v) is 8.49. The smallest absolute Gasteiger partial charge is 0.221 e. The molecular formula is C21H17FN4O. The zero-order valence-corrected chi connectivity index (χ0v) is 14.9.